The minimum absolute atomic E-state index is 0.348. The number of para-hydroxylation sites is 1. The van der Waals surface area contributed by atoms with Crippen molar-refractivity contribution in [1.29, 1.82) is 0 Å². The van der Waals surface area contributed by atoms with Crippen LogP contribution in [0.3, 0.4) is 0 Å². The molecular formula is C16H21BrN2. The van der Waals surface area contributed by atoms with Crippen LogP contribution in [0.4, 0.5) is 0 Å². The zero-order chi connectivity index (χ0) is 13.2. The third kappa shape index (κ3) is 2.46. The number of hydrogen-bond acceptors (Lipinski definition) is 1. The van der Waals surface area contributed by atoms with E-state index in [0.29, 0.717) is 4.95 Å². The van der Waals surface area contributed by atoms with Gasteiger partial charge in [-0.3, -0.25) is 4.90 Å². The Balaban J connectivity index is 1.85. The Labute approximate surface area is 123 Å². The minimum Gasteiger partial charge on any atom is -0.356 e. The Kier molecular flexibility index (Phi) is 3.94. The highest BCUT2D eigenvalue weighted by molar-refractivity contribution is 9.09. The fourth-order valence-electron chi connectivity index (χ4n) is 3.03. The van der Waals surface area contributed by atoms with Crippen LogP contribution in [0.1, 0.15) is 42.4 Å². The van der Waals surface area contributed by atoms with Gasteiger partial charge in [0.05, 0.1) is 0 Å². The van der Waals surface area contributed by atoms with E-state index in [4.69, 9.17) is 0 Å². The number of nitrogens with one attached hydrogen (secondary N) is 1. The Morgan fingerprint density at radius 3 is 3.00 bits per heavy atom. The summed E-state index contributed by atoms with van der Waals surface area (Å²) in [5.41, 5.74) is 4.14. The summed E-state index contributed by atoms with van der Waals surface area (Å²) in [4.78, 5) is 6.49. The molecule has 0 spiro atoms. The third-order valence-corrected chi connectivity index (χ3v) is 5.14. The van der Waals surface area contributed by atoms with Gasteiger partial charge in [-0.25, -0.2) is 0 Å². The van der Waals surface area contributed by atoms with Gasteiger partial charge >= 0.3 is 0 Å². The molecule has 1 aromatic heterocycles. The fraction of sp³-hybridized carbons (Fsp3) is 0.500. The number of aromatic amines is 1. The summed E-state index contributed by atoms with van der Waals surface area (Å²) in [6.07, 6.45) is 5.08. The highest BCUT2D eigenvalue weighted by Gasteiger charge is 2.27. The van der Waals surface area contributed by atoms with Gasteiger partial charge in [-0.15, -0.1) is 0 Å². The summed E-state index contributed by atoms with van der Waals surface area (Å²) in [5, 5.41) is 1.40. The largest absolute Gasteiger partial charge is 0.356 e. The molecule has 1 aromatic carbocycles. The predicted molar refractivity (Wildman–Crippen MR) is 84.8 cm³/mol. The van der Waals surface area contributed by atoms with E-state index in [2.05, 4.69) is 57.0 Å². The number of unbranched alkanes of at least 4 members (excludes halogenated alkanes) is 2. The highest BCUT2D eigenvalue weighted by atomic mass is 79.9. The van der Waals surface area contributed by atoms with Gasteiger partial charge in [0.15, 0.2) is 0 Å². The fourth-order valence-corrected chi connectivity index (χ4v) is 3.84. The molecular weight excluding hydrogens is 300 g/mol. The van der Waals surface area contributed by atoms with Gasteiger partial charge < -0.3 is 4.98 Å². The standard InChI is InChI=1S/C16H21BrN2/c1-2-3-6-10-19-11-9-13-12-7-4-5-8-14(12)18-15(13)16(19)17/h4-5,7-8,16,18H,2-3,6,9-11H2,1H3. The van der Waals surface area contributed by atoms with Crippen molar-refractivity contribution in [2.24, 2.45) is 0 Å². The lowest BCUT2D eigenvalue weighted by molar-refractivity contribution is 0.243. The van der Waals surface area contributed by atoms with Gasteiger partial charge in [-0.05, 0) is 31.0 Å². The molecule has 2 heterocycles. The molecule has 3 heteroatoms. The normalized spacial score (nSPS) is 19.8. The monoisotopic (exact) mass is 320 g/mol. The molecule has 0 fully saturated rings. The SMILES string of the molecule is CCCCCN1CCc2c([nH]c3ccccc23)C1Br. The molecule has 0 aliphatic carbocycles. The van der Waals surface area contributed by atoms with E-state index in [1.54, 1.807) is 0 Å². The molecule has 3 rings (SSSR count). The number of fused-ring (bicyclic) bond motifs is 3. The van der Waals surface area contributed by atoms with Crippen LogP contribution in [-0.2, 0) is 6.42 Å². The maximum atomic E-state index is 3.88. The van der Waals surface area contributed by atoms with E-state index >= 15 is 0 Å². The van der Waals surface area contributed by atoms with E-state index < -0.39 is 0 Å². The Morgan fingerprint density at radius 1 is 1.32 bits per heavy atom. The van der Waals surface area contributed by atoms with Crippen LogP contribution in [0.5, 0.6) is 0 Å². The molecule has 0 saturated heterocycles. The van der Waals surface area contributed by atoms with Gasteiger partial charge in [0.2, 0.25) is 0 Å². The number of hydrogen-bond donors (Lipinski definition) is 1. The zero-order valence-electron chi connectivity index (χ0n) is 11.5. The number of alkyl halides is 1. The Hall–Kier alpha value is -0.800. The van der Waals surface area contributed by atoms with Crippen LogP contribution in [0.15, 0.2) is 24.3 Å². The van der Waals surface area contributed by atoms with E-state index in [-0.39, 0.29) is 0 Å². The number of aromatic nitrogens is 1. The average molecular weight is 321 g/mol. The van der Waals surface area contributed by atoms with Crippen molar-refractivity contribution in [3.8, 4) is 0 Å². The molecule has 0 amide bonds. The molecule has 0 radical (unpaired) electrons. The first-order chi connectivity index (χ1) is 9.31. The lowest BCUT2D eigenvalue weighted by Gasteiger charge is -2.32. The average Bonchev–Trinajstić information content (AvgIpc) is 2.81. The van der Waals surface area contributed by atoms with E-state index in [1.807, 2.05) is 0 Å². The van der Waals surface area contributed by atoms with Crippen LogP contribution >= 0.6 is 15.9 Å². The van der Waals surface area contributed by atoms with E-state index in [9.17, 15) is 0 Å². The van der Waals surface area contributed by atoms with Crippen molar-refractivity contribution in [3.05, 3.63) is 35.5 Å². The maximum Gasteiger partial charge on any atom is 0.106 e. The van der Waals surface area contributed by atoms with Crippen LogP contribution < -0.4 is 0 Å². The molecule has 1 aliphatic rings. The zero-order valence-corrected chi connectivity index (χ0v) is 13.0. The second kappa shape index (κ2) is 5.68. The molecule has 19 heavy (non-hydrogen) atoms. The smallest absolute Gasteiger partial charge is 0.106 e. The van der Waals surface area contributed by atoms with Crippen molar-refractivity contribution in [3.63, 3.8) is 0 Å². The van der Waals surface area contributed by atoms with Crippen molar-refractivity contribution in [2.45, 2.75) is 37.6 Å². The van der Waals surface area contributed by atoms with E-state index in [1.165, 1.54) is 48.0 Å². The lowest BCUT2D eigenvalue weighted by atomic mass is 10.0. The van der Waals surface area contributed by atoms with Crippen LogP contribution in [0.2, 0.25) is 0 Å². The number of rotatable bonds is 4. The summed E-state index contributed by atoms with van der Waals surface area (Å²) in [7, 11) is 0. The van der Waals surface area contributed by atoms with E-state index in [0.717, 1.165) is 13.0 Å². The van der Waals surface area contributed by atoms with Gasteiger partial charge in [-0.2, -0.15) is 0 Å². The molecule has 1 aliphatic heterocycles. The number of nitrogens with zero attached hydrogens (tertiary/aromatic N) is 1. The van der Waals surface area contributed by atoms with Gasteiger partial charge in [0.1, 0.15) is 4.95 Å². The lowest BCUT2D eigenvalue weighted by Crippen LogP contribution is -2.33. The Morgan fingerprint density at radius 2 is 2.16 bits per heavy atom. The number of H-pyrrole nitrogens is 1. The second-order valence-corrected chi connectivity index (χ2v) is 6.26. The molecule has 102 valence electrons. The number of halogens is 1. The topological polar surface area (TPSA) is 19.0 Å². The van der Waals surface area contributed by atoms with Crippen LogP contribution in [0.25, 0.3) is 10.9 Å². The summed E-state index contributed by atoms with van der Waals surface area (Å²) in [6.45, 7) is 4.62. The molecule has 2 nitrogen and oxygen atoms in total. The molecule has 0 saturated carbocycles. The Bertz CT molecular complexity index is 561. The number of benzene rings is 1. The molecule has 1 atom stereocenters. The first kappa shape index (κ1) is 13.2. The van der Waals surface area contributed by atoms with Crippen molar-refractivity contribution in [1.82, 2.24) is 9.88 Å². The molecule has 2 aromatic rings. The van der Waals surface area contributed by atoms with Gasteiger partial charge in [0, 0.05) is 23.1 Å². The maximum absolute atomic E-state index is 3.88. The summed E-state index contributed by atoms with van der Waals surface area (Å²) < 4.78 is 0. The van der Waals surface area contributed by atoms with Crippen LogP contribution in [-0.4, -0.2) is 23.0 Å². The third-order valence-electron chi connectivity index (χ3n) is 4.10. The summed E-state index contributed by atoms with van der Waals surface area (Å²) in [5.74, 6) is 0. The first-order valence-corrected chi connectivity index (χ1v) is 8.20. The van der Waals surface area contributed by atoms with Crippen LogP contribution in [0, 0.1) is 0 Å². The first-order valence-electron chi connectivity index (χ1n) is 7.29. The second-order valence-electron chi connectivity index (χ2n) is 5.39. The molecule has 0 bridgehead atoms. The molecule has 1 N–H and O–H groups in total. The molecule has 1 unspecified atom stereocenters. The van der Waals surface area contributed by atoms with Crippen molar-refractivity contribution < 1.29 is 0 Å². The predicted octanol–water partition coefficient (Wildman–Crippen LogP) is 4.61. The quantitative estimate of drug-likeness (QED) is 0.495. The highest BCUT2D eigenvalue weighted by Crippen LogP contribution is 2.37. The minimum atomic E-state index is 0.348. The van der Waals surface area contributed by atoms with Crippen molar-refractivity contribution in [2.75, 3.05) is 13.1 Å². The van der Waals surface area contributed by atoms with Gasteiger partial charge in [0.25, 0.3) is 0 Å². The van der Waals surface area contributed by atoms with Crippen molar-refractivity contribution >= 4 is 26.8 Å². The van der Waals surface area contributed by atoms with Gasteiger partial charge in [-0.1, -0.05) is 53.9 Å². The summed E-state index contributed by atoms with van der Waals surface area (Å²) >= 11 is 3.88. The summed E-state index contributed by atoms with van der Waals surface area (Å²) in [6, 6.07) is 8.64.